The van der Waals surface area contributed by atoms with E-state index in [4.69, 9.17) is 19.2 Å². The molecular weight excluding hydrogens is 438 g/mol. The third-order valence-corrected chi connectivity index (χ3v) is 6.18. The molecule has 166 valence electrons. The fraction of sp³-hybridized carbons (Fsp3) is 0.364. The summed E-state index contributed by atoms with van der Waals surface area (Å²) in [4.78, 5) is 22.3. The molecule has 0 radical (unpaired) electrons. The van der Waals surface area contributed by atoms with Crippen LogP contribution in [0.25, 0.3) is 10.2 Å². The van der Waals surface area contributed by atoms with Crippen LogP contribution in [0.4, 0.5) is 5.13 Å². The number of fused-ring (bicyclic) bond motifs is 1. The molecule has 0 N–H and O–H groups in total. The highest BCUT2D eigenvalue weighted by atomic mass is 35.5. The van der Waals surface area contributed by atoms with Crippen LogP contribution in [0.2, 0.25) is 0 Å². The topological polar surface area (TPSA) is 64.1 Å². The second kappa shape index (κ2) is 10.8. The van der Waals surface area contributed by atoms with Crippen LogP contribution in [0.1, 0.15) is 10.4 Å². The second-order valence-corrected chi connectivity index (χ2v) is 7.98. The van der Waals surface area contributed by atoms with Gasteiger partial charge in [0.2, 0.25) is 0 Å². The summed E-state index contributed by atoms with van der Waals surface area (Å²) in [6.45, 7) is 4.51. The van der Waals surface area contributed by atoms with Crippen LogP contribution in [0.3, 0.4) is 0 Å². The maximum atomic E-state index is 13.5. The van der Waals surface area contributed by atoms with Crippen LogP contribution in [0.15, 0.2) is 42.5 Å². The van der Waals surface area contributed by atoms with Gasteiger partial charge in [-0.25, -0.2) is 4.98 Å². The molecule has 31 heavy (non-hydrogen) atoms. The molecule has 0 saturated carbocycles. The van der Waals surface area contributed by atoms with Gasteiger partial charge in [-0.2, -0.15) is 0 Å². The Morgan fingerprint density at radius 3 is 2.61 bits per heavy atom. The summed E-state index contributed by atoms with van der Waals surface area (Å²) in [6, 6.07) is 13.0. The molecule has 2 aromatic carbocycles. The number of aromatic nitrogens is 1. The molecule has 1 aromatic heterocycles. The number of amides is 1. The third-order valence-electron chi connectivity index (χ3n) is 5.12. The average Bonchev–Trinajstić information content (AvgIpc) is 3.22. The van der Waals surface area contributed by atoms with E-state index in [0.29, 0.717) is 23.0 Å². The van der Waals surface area contributed by atoms with Gasteiger partial charge in [-0.15, -0.1) is 12.4 Å². The quantitative estimate of drug-likeness (QED) is 0.532. The lowest BCUT2D eigenvalue weighted by Gasteiger charge is -2.29. The summed E-state index contributed by atoms with van der Waals surface area (Å²) >= 11 is 1.51. The minimum atomic E-state index is -0.0896. The zero-order valence-corrected chi connectivity index (χ0v) is 19.2. The fourth-order valence-corrected chi connectivity index (χ4v) is 4.37. The van der Waals surface area contributed by atoms with Gasteiger partial charge in [-0.3, -0.25) is 14.6 Å². The summed E-state index contributed by atoms with van der Waals surface area (Å²) in [5, 5.41) is 0.680. The molecule has 0 atom stereocenters. The Bertz CT molecular complexity index is 1020. The van der Waals surface area contributed by atoms with Gasteiger partial charge in [0.25, 0.3) is 5.91 Å². The molecule has 4 rings (SSSR count). The van der Waals surface area contributed by atoms with Gasteiger partial charge in [0.05, 0.1) is 37.6 Å². The molecule has 0 unspecified atom stereocenters. The molecule has 0 bridgehead atoms. The van der Waals surface area contributed by atoms with Crippen molar-refractivity contribution in [3.63, 3.8) is 0 Å². The van der Waals surface area contributed by atoms with Crippen molar-refractivity contribution in [3.05, 3.63) is 48.0 Å². The molecule has 9 heteroatoms. The molecule has 7 nitrogen and oxygen atoms in total. The number of carbonyl (C=O) groups excluding carboxylic acids is 1. The van der Waals surface area contributed by atoms with Crippen molar-refractivity contribution < 1.29 is 19.0 Å². The zero-order chi connectivity index (χ0) is 20.9. The van der Waals surface area contributed by atoms with E-state index in [-0.39, 0.29) is 18.3 Å². The highest BCUT2D eigenvalue weighted by molar-refractivity contribution is 7.22. The van der Waals surface area contributed by atoms with Gasteiger partial charge >= 0.3 is 0 Å². The fourth-order valence-electron chi connectivity index (χ4n) is 3.40. The lowest BCUT2D eigenvalue weighted by Crippen LogP contribution is -2.43. The second-order valence-electron chi connectivity index (χ2n) is 6.97. The first-order valence-electron chi connectivity index (χ1n) is 9.88. The van der Waals surface area contributed by atoms with E-state index in [9.17, 15) is 4.79 Å². The molecule has 0 spiro atoms. The Kier molecular flexibility index (Phi) is 8.09. The molecule has 2 heterocycles. The van der Waals surface area contributed by atoms with E-state index in [1.807, 2.05) is 36.4 Å². The standard InChI is InChI=1S/C22H25N3O4S.ClH/c1-27-17-5-3-4-16(14-17)21(26)25(9-8-24-10-12-29-13-11-24)22-23-19-15-18(28-2)6-7-20(19)30-22;/h3-7,14-15H,8-13H2,1-2H3;1H. The predicted molar refractivity (Wildman–Crippen MR) is 125 cm³/mol. The number of hydrogen-bond donors (Lipinski definition) is 0. The SMILES string of the molecule is COc1cccc(C(=O)N(CCN2CCOCC2)c2nc3cc(OC)ccc3s2)c1.Cl. The normalized spacial score (nSPS) is 14.1. The Labute approximate surface area is 191 Å². The van der Waals surface area contributed by atoms with E-state index < -0.39 is 0 Å². The van der Waals surface area contributed by atoms with Crippen molar-refractivity contribution in [2.24, 2.45) is 0 Å². The summed E-state index contributed by atoms with van der Waals surface area (Å²) in [5.74, 6) is 1.31. The molecule has 1 amide bonds. The average molecular weight is 464 g/mol. The summed E-state index contributed by atoms with van der Waals surface area (Å²) in [6.07, 6.45) is 0. The molecule has 1 fully saturated rings. The highest BCUT2D eigenvalue weighted by Gasteiger charge is 2.23. The number of rotatable bonds is 7. The lowest BCUT2D eigenvalue weighted by atomic mass is 10.2. The van der Waals surface area contributed by atoms with Crippen molar-refractivity contribution in [2.75, 3.05) is 58.5 Å². The summed E-state index contributed by atoms with van der Waals surface area (Å²) in [5.41, 5.74) is 1.40. The monoisotopic (exact) mass is 463 g/mol. The number of carbonyl (C=O) groups is 1. The minimum absolute atomic E-state index is 0. The Morgan fingerprint density at radius 2 is 1.87 bits per heavy atom. The van der Waals surface area contributed by atoms with Crippen molar-refractivity contribution in [1.82, 2.24) is 9.88 Å². The first-order chi connectivity index (χ1) is 14.7. The predicted octanol–water partition coefficient (Wildman–Crippen LogP) is 3.71. The molecular formula is C22H26ClN3O4S. The van der Waals surface area contributed by atoms with Gasteiger partial charge in [0, 0.05) is 37.8 Å². The van der Waals surface area contributed by atoms with Gasteiger partial charge in [-0.1, -0.05) is 17.4 Å². The van der Waals surface area contributed by atoms with Gasteiger partial charge in [0.1, 0.15) is 11.5 Å². The maximum absolute atomic E-state index is 13.5. The molecule has 1 aliphatic rings. The number of halogens is 1. The number of methoxy groups -OCH3 is 2. The summed E-state index contributed by atoms with van der Waals surface area (Å²) in [7, 11) is 3.23. The van der Waals surface area contributed by atoms with Gasteiger partial charge < -0.3 is 14.2 Å². The largest absolute Gasteiger partial charge is 0.497 e. The smallest absolute Gasteiger partial charge is 0.260 e. The number of nitrogens with zero attached hydrogens (tertiary/aromatic N) is 3. The summed E-state index contributed by atoms with van der Waals surface area (Å²) < 4.78 is 17.1. The van der Waals surface area contributed by atoms with Crippen molar-refractivity contribution >= 4 is 45.0 Å². The number of benzene rings is 2. The minimum Gasteiger partial charge on any atom is -0.497 e. The number of thiazole rings is 1. The van der Waals surface area contributed by atoms with E-state index >= 15 is 0 Å². The van der Waals surface area contributed by atoms with Crippen LogP contribution in [0.5, 0.6) is 11.5 Å². The van der Waals surface area contributed by atoms with Gasteiger partial charge in [0.15, 0.2) is 5.13 Å². The third kappa shape index (κ3) is 5.46. The number of hydrogen-bond acceptors (Lipinski definition) is 7. The molecule has 0 aliphatic carbocycles. The number of anilines is 1. The Morgan fingerprint density at radius 1 is 1.13 bits per heavy atom. The van der Waals surface area contributed by atoms with Crippen LogP contribution in [-0.2, 0) is 4.74 Å². The van der Waals surface area contributed by atoms with Crippen LogP contribution < -0.4 is 14.4 Å². The van der Waals surface area contributed by atoms with Crippen molar-refractivity contribution in [1.29, 1.82) is 0 Å². The van der Waals surface area contributed by atoms with Gasteiger partial charge in [-0.05, 0) is 30.3 Å². The van der Waals surface area contributed by atoms with E-state index in [1.165, 1.54) is 11.3 Å². The van der Waals surface area contributed by atoms with Crippen molar-refractivity contribution in [2.45, 2.75) is 0 Å². The first kappa shape index (κ1) is 23.3. The van der Waals surface area contributed by atoms with Crippen molar-refractivity contribution in [3.8, 4) is 11.5 Å². The lowest BCUT2D eigenvalue weighted by molar-refractivity contribution is 0.0391. The zero-order valence-electron chi connectivity index (χ0n) is 17.6. The Balaban J connectivity index is 0.00000272. The Hall–Kier alpha value is -2.39. The maximum Gasteiger partial charge on any atom is 0.260 e. The molecule has 1 aliphatic heterocycles. The van der Waals surface area contributed by atoms with Crippen LogP contribution in [-0.4, -0.2) is 69.4 Å². The molecule has 1 saturated heterocycles. The number of morpholine rings is 1. The number of ether oxygens (including phenoxy) is 3. The van der Waals surface area contributed by atoms with E-state index in [0.717, 1.165) is 48.8 Å². The van der Waals surface area contributed by atoms with Crippen LogP contribution in [0, 0.1) is 0 Å². The highest BCUT2D eigenvalue weighted by Crippen LogP contribution is 2.32. The van der Waals surface area contributed by atoms with E-state index in [2.05, 4.69) is 4.90 Å². The first-order valence-corrected chi connectivity index (χ1v) is 10.7. The van der Waals surface area contributed by atoms with Crippen LogP contribution >= 0.6 is 23.7 Å². The molecule has 3 aromatic rings. The van der Waals surface area contributed by atoms with E-state index in [1.54, 1.807) is 25.2 Å².